The number of ether oxygens (including phenoxy) is 1. The molecule has 1 heteroatoms. The molecule has 0 aromatic carbocycles. The van der Waals surface area contributed by atoms with Crippen molar-refractivity contribution in [3.05, 3.63) is 11.1 Å². The average molecular weight is 140 g/mol. The molecule has 0 atom stereocenters. The van der Waals surface area contributed by atoms with Crippen molar-refractivity contribution in [2.45, 2.75) is 33.1 Å². The predicted octanol–water partition coefficient (Wildman–Crippen LogP) is 2.52. The zero-order valence-electron chi connectivity index (χ0n) is 6.94. The first-order chi connectivity index (χ1) is 4.88. The van der Waals surface area contributed by atoms with Gasteiger partial charge in [-0.3, -0.25) is 0 Å². The van der Waals surface area contributed by atoms with E-state index in [1.165, 1.54) is 24.8 Å². The van der Waals surface area contributed by atoms with Gasteiger partial charge in [0.15, 0.2) is 0 Å². The van der Waals surface area contributed by atoms with E-state index < -0.39 is 0 Å². The Balaban J connectivity index is 2.63. The van der Waals surface area contributed by atoms with Crippen LogP contribution >= 0.6 is 0 Å². The summed E-state index contributed by atoms with van der Waals surface area (Å²) in [5.41, 5.74) is 3.17. The van der Waals surface area contributed by atoms with Crippen LogP contribution in [0.2, 0.25) is 0 Å². The molecule has 0 radical (unpaired) electrons. The summed E-state index contributed by atoms with van der Waals surface area (Å²) in [6.45, 7) is 6.27. The zero-order chi connectivity index (χ0) is 7.40. The molecular weight excluding hydrogens is 124 g/mol. The Hall–Kier alpha value is -0.300. The Kier molecular flexibility index (Phi) is 2.94. The van der Waals surface area contributed by atoms with E-state index in [4.69, 9.17) is 4.74 Å². The average Bonchev–Trinajstić information content (AvgIpc) is 2.04. The van der Waals surface area contributed by atoms with Crippen molar-refractivity contribution in [2.75, 3.05) is 13.2 Å². The Labute approximate surface area is 63.1 Å². The van der Waals surface area contributed by atoms with Gasteiger partial charge in [-0.15, -0.1) is 0 Å². The van der Waals surface area contributed by atoms with Gasteiger partial charge in [0.25, 0.3) is 0 Å². The molecule has 58 valence electrons. The minimum absolute atomic E-state index is 0.889. The zero-order valence-corrected chi connectivity index (χ0v) is 6.94. The predicted molar refractivity (Wildman–Crippen MR) is 43.0 cm³/mol. The SMILES string of the molecule is CCC1=C(CC)COCC1. The third-order valence-electron chi connectivity index (χ3n) is 2.18. The van der Waals surface area contributed by atoms with Crippen molar-refractivity contribution in [1.29, 1.82) is 0 Å². The van der Waals surface area contributed by atoms with Crippen molar-refractivity contribution in [3.8, 4) is 0 Å². The summed E-state index contributed by atoms with van der Waals surface area (Å²) in [5, 5.41) is 0. The van der Waals surface area contributed by atoms with Gasteiger partial charge in [-0.25, -0.2) is 0 Å². The Bertz CT molecular complexity index is 120. The van der Waals surface area contributed by atoms with Crippen LogP contribution < -0.4 is 0 Å². The largest absolute Gasteiger partial charge is 0.377 e. The second-order valence-corrected chi connectivity index (χ2v) is 2.72. The Morgan fingerprint density at radius 1 is 1.20 bits per heavy atom. The summed E-state index contributed by atoms with van der Waals surface area (Å²) in [6.07, 6.45) is 3.55. The highest BCUT2D eigenvalue weighted by atomic mass is 16.5. The van der Waals surface area contributed by atoms with Crippen LogP contribution in [-0.2, 0) is 4.74 Å². The molecule has 1 heterocycles. The lowest BCUT2D eigenvalue weighted by Gasteiger charge is -2.18. The van der Waals surface area contributed by atoms with Crippen molar-refractivity contribution < 1.29 is 4.74 Å². The van der Waals surface area contributed by atoms with Crippen LogP contribution in [-0.4, -0.2) is 13.2 Å². The van der Waals surface area contributed by atoms with E-state index in [0.29, 0.717) is 0 Å². The highest BCUT2D eigenvalue weighted by Crippen LogP contribution is 2.20. The molecule has 0 spiro atoms. The maximum absolute atomic E-state index is 5.35. The fraction of sp³-hybridized carbons (Fsp3) is 0.778. The van der Waals surface area contributed by atoms with Crippen molar-refractivity contribution in [2.24, 2.45) is 0 Å². The molecule has 0 aliphatic carbocycles. The summed E-state index contributed by atoms with van der Waals surface area (Å²) >= 11 is 0. The minimum atomic E-state index is 0.889. The van der Waals surface area contributed by atoms with E-state index >= 15 is 0 Å². The lowest BCUT2D eigenvalue weighted by molar-refractivity contribution is 0.143. The standard InChI is InChI=1S/C9H16O/c1-3-8-5-6-10-7-9(8)4-2/h3-7H2,1-2H3. The van der Waals surface area contributed by atoms with Gasteiger partial charge in [0, 0.05) is 0 Å². The fourth-order valence-electron chi connectivity index (χ4n) is 1.45. The van der Waals surface area contributed by atoms with Crippen LogP contribution in [0, 0.1) is 0 Å². The molecule has 0 amide bonds. The molecule has 0 fully saturated rings. The molecule has 1 aliphatic heterocycles. The first-order valence-corrected chi connectivity index (χ1v) is 4.16. The second-order valence-electron chi connectivity index (χ2n) is 2.72. The third kappa shape index (κ3) is 1.60. The topological polar surface area (TPSA) is 9.23 Å². The maximum Gasteiger partial charge on any atom is 0.0679 e. The minimum Gasteiger partial charge on any atom is -0.377 e. The molecule has 10 heavy (non-hydrogen) atoms. The molecule has 0 saturated carbocycles. The molecule has 1 rings (SSSR count). The van der Waals surface area contributed by atoms with Gasteiger partial charge in [0.05, 0.1) is 13.2 Å². The lowest BCUT2D eigenvalue weighted by atomic mass is 10.00. The summed E-state index contributed by atoms with van der Waals surface area (Å²) in [5.74, 6) is 0. The number of rotatable bonds is 2. The number of hydrogen-bond acceptors (Lipinski definition) is 1. The van der Waals surface area contributed by atoms with Crippen LogP contribution in [0.25, 0.3) is 0 Å². The summed E-state index contributed by atoms with van der Waals surface area (Å²) < 4.78 is 5.35. The van der Waals surface area contributed by atoms with Crippen LogP contribution in [0.5, 0.6) is 0 Å². The van der Waals surface area contributed by atoms with E-state index in [1.807, 2.05) is 0 Å². The van der Waals surface area contributed by atoms with E-state index in [1.54, 1.807) is 5.57 Å². The van der Waals surface area contributed by atoms with E-state index in [0.717, 1.165) is 13.2 Å². The molecule has 1 nitrogen and oxygen atoms in total. The summed E-state index contributed by atoms with van der Waals surface area (Å²) in [6, 6.07) is 0. The first-order valence-electron chi connectivity index (χ1n) is 4.16. The van der Waals surface area contributed by atoms with Crippen LogP contribution in [0.1, 0.15) is 33.1 Å². The second kappa shape index (κ2) is 3.77. The van der Waals surface area contributed by atoms with Gasteiger partial charge in [-0.05, 0) is 24.8 Å². The van der Waals surface area contributed by atoms with Crippen LogP contribution in [0.3, 0.4) is 0 Å². The molecule has 0 unspecified atom stereocenters. The fourth-order valence-corrected chi connectivity index (χ4v) is 1.45. The normalized spacial score (nSPS) is 19.8. The lowest BCUT2D eigenvalue weighted by Crippen LogP contribution is -2.10. The summed E-state index contributed by atoms with van der Waals surface area (Å²) in [4.78, 5) is 0. The van der Waals surface area contributed by atoms with E-state index in [2.05, 4.69) is 13.8 Å². The maximum atomic E-state index is 5.35. The molecular formula is C9H16O. The summed E-state index contributed by atoms with van der Waals surface area (Å²) in [7, 11) is 0. The quantitative estimate of drug-likeness (QED) is 0.535. The van der Waals surface area contributed by atoms with Crippen molar-refractivity contribution in [3.63, 3.8) is 0 Å². The van der Waals surface area contributed by atoms with Crippen molar-refractivity contribution in [1.82, 2.24) is 0 Å². The highest BCUT2D eigenvalue weighted by Gasteiger charge is 2.08. The Morgan fingerprint density at radius 2 is 1.90 bits per heavy atom. The monoisotopic (exact) mass is 140 g/mol. The molecule has 0 aromatic rings. The van der Waals surface area contributed by atoms with Crippen molar-refractivity contribution >= 4 is 0 Å². The van der Waals surface area contributed by atoms with Gasteiger partial charge in [0.2, 0.25) is 0 Å². The smallest absolute Gasteiger partial charge is 0.0679 e. The van der Waals surface area contributed by atoms with Gasteiger partial charge < -0.3 is 4.74 Å². The van der Waals surface area contributed by atoms with Gasteiger partial charge >= 0.3 is 0 Å². The highest BCUT2D eigenvalue weighted by molar-refractivity contribution is 5.16. The third-order valence-corrected chi connectivity index (χ3v) is 2.18. The van der Waals surface area contributed by atoms with E-state index in [-0.39, 0.29) is 0 Å². The van der Waals surface area contributed by atoms with Gasteiger partial charge in [-0.2, -0.15) is 0 Å². The van der Waals surface area contributed by atoms with Gasteiger partial charge in [0.1, 0.15) is 0 Å². The molecule has 1 aliphatic rings. The molecule has 0 saturated heterocycles. The molecule has 0 aromatic heterocycles. The van der Waals surface area contributed by atoms with E-state index in [9.17, 15) is 0 Å². The molecule has 0 N–H and O–H groups in total. The van der Waals surface area contributed by atoms with Gasteiger partial charge in [-0.1, -0.05) is 19.4 Å². The number of hydrogen-bond donors (Lipinski definition) is 0. The molecule has 0 bridgehead atoms. The van der Waals surface area contributed by atoms with Crippen LogP contribution in [0.4, 0.5) is 0 Å². The Morgan fingerprint density at radius 3 is 2.40 bits per heavy atom. The first kappa shape index (κ1) is 7.80. The van der Waals surface area contributed by atoms with Crippen LogP contribution in [0.15, 0.2) is 11.1 Å².